The summed E-state index contributed by atoms with van der Waals surface area (Å²) >= 11 is 0. The Hall–Kier alpha value is -3.36. The van der Waals surface area contributed by atoms with Crippen LogP contribution in [0.15, 0.2) is 40.9 Å². The van der Waals surface area contributed by atoms with Gasteiger partial charge in [-0.25, -0.2) is 9.78 Å². The molecule has 9 heteroatoms. The lowest BCUT2D eigenvalue weighted by Crippen LogP contribution is -2.39. The highest BCUT2D eigenvalue weighted by Gasteiger charge is 2.36. The number of dihydropyridines is 1. The Kier molecular flexibility index (Phi) is 6.02. The van der Waals surface area contributed by atoms with Crippen molar-refractivity contribution in [2.45, 2.75) is 44.2 Å². The van der Waals surface area contributed by atoms with Crippen molar-refractivity contribution in [3.8, 4) is 5.88 Å². The molecule has 0 aromatic carbocycles. The third-order valence-corrected chi connectivity index (χ3v) is 6.59. The minimum Gasteiger partial charge on any atom is -0.481 e. The summed E-state index contributed by atoms with van der Waals surface area (Å²) in [5, 5.41) is 13.0. The number of nitrogens with zero attached hydrogens (tertiary/aromatic N) is 4. The van der Waals surface area contributed by atoms with Crippen molar-refractivity contribution in [2.75, 3.05) is 32.8 Å². The van der Waals surface area contributed by atoms with E-state index in [0.717, 1.165) is 49.2 Å². The molecule has 2 amide bonds. The minimum atomic E-state index is -0.955. The standard InChI is InChI=1S/C24H29N5O4/c30-21(31)15-20(19-8-6-17-9-14-33-23(17)27-19)29-13-12-28(24(29)32)11-2-4-18-7-5-16-3-1-10-25-22(16)26-18/h3,5-8,18,20H,1-2,4,9-15H2,(H,25,26)(H,30,31). The Bertz CT molecular complexity index is 1030. The first-order chi connectivity index (χ1) is 16.1. The number of rotatable bonds is 8. The highest BCUT2D eigenvalue weighted by Crippen LogP contribution is 2.31. The van der Waals surface area contributed by atoms with Gasteiger partial charge in [-0.05, 0) is 25.3 Å². The van der Waals surface area contributed by atoms with E-state index in [1.165, 1.54) is 0 Å². The van der Waals surface area contributed by atoms with Crippen LogP contribution in [-0.2, 0) is 11.2 Å². The van der Waals surface area contributed by atoms with Crippen LogP contribution >= 0.6 is 0 Å². The number of fused-ring (bicyclic) bond motifs is 2. The van der Waals surface area contributed by atoms with E-state index >= 15 is 0 Å². The number of carbonyl (C=O) groups excluding carboxylic acids is 1. The molecule has 2 N–H and O–H groups in total. The predicted molar refractivity (Wildman–Crippen MR) is 122 cm³/mol. The lowest BCUT2D eigenvalue weighted by atomic mass is 10.0. The molecule has 0 bridgehead atoms. The fraction of sp³-hybridized carbons (Fsp3) is 0.500. The van der Waals surface area contributed by atoms with Gasteiger partial charge in [-0.1, -0.05) is 24.3 Å². The Balaban J connectivity index is 1.20. The zero-order chi connectivity index (χ0) is 22.8. The van der Waals surface area contributed by atoms with Gasteiger partial charge in [0.05, 0.1) is 24.8 Å². The molecule has 4 aliphatic rings. The summed E-state index contributed by atoms with van der Waals surface area (Å²) in [5.74, 6) is 0.572. The molecule has 174 valence electrons. The second kappa shape index (κ2) is 9.25. The van der Waals surface area contributed by atoms with Crippen molar-refractivity contribution in [3.05, 3.63) is 47.2 Å². The second-order valence-electron chi connectivity index (χ2n) is 8.81. The SMILES string of the molecule is O=C(O)CC(c1ccc2c(n1)OCC2)N1CCN(CCCC2C=CC3=CCCN=C3N2)C1=O. The van der Waals surface area contributed by atoms with Gasteiger partial charge >= 0.3 is 12.0 Å². The van der Waals surface area contributed by atoms with Gasteiger partial charge in [0.25, 0.3) is 0 Å². The number of aromatic nitrogens is 1. The van der Waals surface area contributed by atoms with Crippen molar-refractivity contribution in [1.82, 2.24) is 20.1 Å². The maximum atomic E-state index is 13.1. The normalized spacial score (nSPS) is 22.2. The molecule has 1 saturated heterocycles. The quantitative estimate of drug-likeness (QED) is 0.628. The maximum absolute atomic E-state index is 13.1. The first-order valence-electron chi connectivity index (χ1n) is 11.7. The number of aliphatic imine (C=N–C) groups is 1. The van der Waals surface area contributed by atoms with Gasteiger partial charge in [0, 0.05) is 49.8 Å². The van der Waals surface area contributed by atoms with Gasteiger partial charge < -0.3 is 25.0 Å². The number of carboxylic acids is 1. The topological polar surface area (TPSA) is 107 Å². The number of pyridine rings is 1. The molecule has 2 unspecified atom stereocenters. The second-order valence-corrected chi connectivity index (χ2v) is 8.81. The molecule has 9 nitrogen and oxygen atoms in total. The minimum absolute atomic E-state index is 0.126. The monoisotopic (exact) mass is 451 g/mol. The Morgan fingerprint density at radius 2 is 2.24 bits per heavy atom. The third kappa shape index (κ3) is 4.58. The number of aliphatic carboxylic acids is 1. The Morgan fingerprint density at radius 1 is 1.33 bits per heavy atom. The van der Waals surface area contributed by atoms with Crippen LogP contribution in [0.3, 0.4) is 0 Å². The highest BCUT2D eigenvalue weighted by atomic mass is 16.5. The van der Waals surface area contributed by atoms with E-state index in [0.29, 0.717) is 37.8 Å². The fourth-order valence-electron chi connectivity index (χ4n) is 4.85. The highest BCUT2D eigenvalue weighted by molar-refractivity contribution is 6.02. The average Bonchev–Trinajstić information content (AvgIpc) is 3.43. The maximum Gasteiger partial charge on any atom is 0.320 e. The van der Waals surface area contributed by atoms with E-state index in [2.05, 4.69) is 33.5 Å². The fourth-order valence-corrected chi connectivity index (χ4v) is 4.85. The first kappa shape index (κ1) is 21.5. The summed E-state index contributed by atoms with van der Waals surface area (Å²) in [4.78, 5) is 37.3. The number of hydrogen-bond acceptors (Lipinski definition) is 6. The summed E-state index contributed by atoms with van der Waals surface area (Å²) in [6.45, 7) is 3.12. The van der Waals surface area contributed by atoms with Crippen LogP contribution in [0.4, 0.5) is 4.79 Å². The van der Waals surface area contributed by atoms with Gasteiger partial charge in [0.1, 0.15) is 5.84 Å². The van der Waals surface area contributed by atoms with Gasteiger partial charge in [-0.2, -0.15) is 0 Å². The largest absolute Gasteiger partial charge is 0.481 e. The molecule has 4 aliphatic heterocycles. The Labute approximate surface area is 192 Å². The van der Waals surface area contributed by atoms with Crippen LogP contribution in [0, 0.1) is 0 Å². The predicted octanol–water partition coefficient (Wildman–Crippen LogP) is 2.31. The van der Waals surface area contributed by atoms with Crippen molar-refractivity contribution < 1.29 is 19.4 Å². The van der Waals surface area contributed by atoms with E-state index in [1.807, 2.05) is 17.0 Å². The zero-order valence-corrected chi connectivity index (χ0v) is 18.6. The van der Waals surface area contributed by atoms with Crippen LogP contribution in [0.25, 0.3) is 0 Å². The summed E-state index contributed by atoms with van der Waals surface area (Å²) < 4.78 is 5.55. The van der Waals surface area contributed by atoms with Crippen LogP contribution < -0.4 is 10.1 Å². The summed E-state index contributed by atoms with van der Waals surface area (Å²) in [7, 11) is 0. The van der Waals surface area contributed by atoms with Gasteiger partial charge in [0.15, 0.2) is 0 Å². The third-order valence-electron chi connectivity index (χ3n) is 6.59. The molecular formula is C24H29N5O4. The van der Waals surface area contributed by atoms with Crippen molar-refractivity contribution in [2.24, 2.45) is 4.99 Å². The van der Waals surface area contributed by atoms with E-state index < -0.39 is 12.0 Å². The number of carboxylic acid groups (broad SMARTS) is 1. The lowest BCUT2D eigenvalue weighted by molar-refractivity contribution is -0.138. The molecule has 0 aliphatic carbocycles. The molecule has 5 heterocycles. The van der Waals surface area contributed by atoms with Crippen LogP contribution in [0.2, 0.25) is 0 Å². The van der Waals surface area contributed by atoms with Crippen LogP contribution in [0.1, 0.15) is 43.0 Å². The van der Waals surface area contributed by atoms with Gasteiger partial charge in [-0.3, -0.25) is 9.79 Å². The molecule has 1 aromatic heterocycles. The molecule has 33 heavy (non-hydrogen) atoms. The lowest BCUT2D eigenvalue weighted by Gasteiger charge is -2.27. The molecule has 5 rings (SSSR count). The van der Waals surface area contributed by atoms with Crippen LogP contribution in [0.5, 0.6) is 5.88 Å². The molecule has 1 aromatic rings. The van der Waals surface area contributed by atoms with E-state index in [4.69, 9.17) is 4.74 Å². The zero-order valence-electron chi connectivity index (χ0n) is 18.6. The molecular weight excluding hydrogens is 422 g/mol. The summed E-state index contributed by atoms with van der Waals surface area (Å²) in [6.07, 6.45) is 9.86. The number of carbonyl (C=O) groups is 2. The molecule has 1 fully saturated rings. The van der Waals surface area contributed by atoms with E-state index in [-0.39, 0.29) is 18.5 Å². The smallest absolute Gasteiger partial charge is 0.320 e. The van der Waals surface area contributed by atoms with Crippen molar-refractivity contribution >= 4 is 17.8 Å². The number of urea groups is 1. The van der Waals surface area contributed by atoms with E-state index in [1.54, 1.807) is 4.90 Å². The number of ether oxygens (including phenoxy) is 1. The van der Waals surface area contributed by atoms with Gasteiger partial charge in [-0.15, -0.1) is 0 Å². The van der Waals surface area contributed by atoms with E-state index in [9.17, 15) is 14.7 Å². The number of hydrogen-bond donors (Lipinski definition) is 2. The average molecular weight is 452 g/mol. The van der Waals surface area contributed by atoms with Crippen molar-refractivity contribution in [3.63, 3.8) is 0 Å². The van der Waals surface area contributed by atoms with Crippen molar-refractivity contribution in [1.29, 1.82) is 0 Å². The first-order valence-corrected chi connectivity index (χ1v) is 11.7. The summed E-state index contributed by atoms with van der Waals surface area (Å²) in [6, 6.07) is 3.24. The summed E-state index contributed by atoms with van der Waals surface area (Å²) in [5.41, 5.74) is 2.76. The van der Waals surface area contributed by atoms with Gasteiger partial charge in [0.2, 0.25) is 5.88 Å². The van der Waals surface area contributed by atoms with Crippen LogP contribution in [-0.4, -0.2) is 76.6 Å². The molecule has 2 atom stereocenters. The number of nitrogens with one attached hydrogen (secondary N) is 1. The number of amides is 2. The molecule has 0 saturated carbocycles. The number of amidine groups is 1. The Morgan fingerprint density at radius 3 is 3.12 bits per heavy atom. The molecule has 0 spiro atoms. The molecule has 0 radical (unpaired) electrons.